The summed E-state index contributed by atoms with van der Waals surface area (Å²) in [5.74, 6) is 2.04. The van der Waals surface area contributed by atoms with Crippen LogP contribution in [0.3, 0.4) is 0 Å². The molecule has 0 radical (unpaired) electrons. The zero-order valence-electron chi connectivity index (χ0n) is 17.9. The van der Waals surface area contributed by atoms with E-state index in [0.29, 0.717) is 70.2 Å². The molecule has 2 aliphatic rings. The third kappa shape index (κ3) is 4.87. The highest BCUT2D eigenvalue weighted by Crippen LogP contribution is 2.23. The number of hydrogen-bond acceptors (Lipinski definition) is 8. The van der Waals surface area contributed by atoms with Gasteiger partial charge in [-0.25, -0.2) is 17.7 Å². The summed E-state index contributed by atoms with van der Waals surface area (Å²) in [5, 5.41) is 3.97. The average Bonchev–Trinajstić information content (AvgIpc) is 3.28. The van der Waals surface area contributed by atoms with E-state index in [1.165, 1.54) is 10.6 Å². The van der Waals surface area contributed by atoms with E-state index in [4.69, 9.17) is 4.52 Å². The van der Waals surface area contributed by atoms with E-state index in [1.807, 2.05) is 24.0 Å². The van der Waals surface area contributed by atoms with Crippen LogP contribution in [0.15, 0.2) is 22.9 Å². The van der Waals surface area contributed by atoms with Crippen LogP contribution in [0.25, 0.3) is 11.4 Å². The molecule has 10 nitrogen and oxygen atoms in total. The molecule has 31 heavy (non-hydrogen) atoms. The zero-order chi connectivity index (χ0) is 22.0. The topological polar surface area (TPSA) is 113 Å². The summed E-state index contributed by atoms with van der Waals surface area (Å²) in [5.41, 5.74) is 0.807. The molecule has 0 aliphatic carbocycles. The number of hydrogen-bond donors (Lipinski definition) is 0. The Morgan fingerprint density at radius 3 is 2.39 bits per heavy atom. The SMILES string of the molecule is CCc1nc(-c2ccc(N3CCN(C(=O)C4CCN(S(C)(=O)=O)CC4)CC3)nc2)no1. The Labute approximate surface area is 182 Å². The number of carbonyl (C=O) groups excluding carboxylic acids is 1. The molecule has 0 bridgehead atoms. The van der Waals surface area contributed by atoms with Crippen LogP contribution in [-0.4, -0.2) is 84.2 Å². The van der Waals surface area contributed by atoms with Crippen molar-refractivity contribution in [2.75, 3.05) is 50.4 Å². The van der Waals surface area contributed by atoms with Gasteiger partial charge in [-0.3, -0.25) is 4.79 Å². The van der Waals surface area contributed by atoms with E-state index in [1.54, 1.807) is 6.20 Å². The van der Waals surface area contributed by atoms with Crippen molar-refractivity contribution < 1.29 is 17.7 Å². The standard InChI is InChI=1S/C20H28N6O4S/c1-3-18-22-19(23-30-18)16-4-5-17(21-14-16)24-10-12-25(13-11-24)20(27)15-6-8-26(9-7-15)31(2,28)29/h4-5,14-15H,3,6-13H2,1-2H3. The Kier molecular flexibility index (Phi) is 6.24. The lowest BCUT2D eigenvalue weighted by Gasteiger charge is -2.38. The first-order chi connectivity index (χ1) is 14.8. The van der Waals surface area contributed by atoms with Crippen LogP contribution >= 0.6 is 0 Å². The molecule has 2 aromatic heterocycles. The quantitative estimate of drug-likeness (QED) is 0.666. The number of amides is 1. The molecule has 1 amide bonds. The van der Waals surface area contributed by atoms with Gasteiger partial charge in [-0.05, 0) is 25.0 Å². The minimum absolute atomic E-state index is 0.0927. The van der Waals surface area contributed by atoms with Crippen LogP contribution < -0.4 is 4.90 Å². The van der Waals surface area contributed by atoms with Crippen LogP contribution in [0.2, 0.25) is 0 Å². The largest absolute Gasteiger partial charge is 0.353 e. The molecule has 0 saturated carbocycles. The Morgan fingerprint density at radius 1 is 1.13 bits per heavy atom. The summed E-state index contributed by atoms with van der Waals surface area (Å²) in [4.78, 5) is 25.8. The Bertz CT molecular complexity index is 1010. The normalized spacial score (nSPS) is 19.0. The fourth-order valence-electron chi connectivity index (χ4n) is 4.07. The Morgan fingerprint density at radius 2 is 1.84 bits per heavy atom. The van der Waals surface area contributed by atoms with Crippen LogP contribution in [-0.2, 0) is 21.2 Å². The molecule has 11 heteroatoms. The van der Waals surface area contributed by atoms with Crippen LogP contribution in [0.4, 0.5) is 5.82 Å². The minimum Gasteiger partial charge on any atom is -0.353 e. The van der Waals surface area contributed by atoms with Gasteiger partial charge < -0.3 is 14.3 Å². The minimum atomic E-state index is -3.18. The van der Waals surface area contributed by atoms with Gasteiger partial charge in [0.1, 0.15) is 5.82 Å². The van der Waals surface area contributed by atoms with Gasteiger partial charge in [0.25, 0.3) is 0 Å². The van der Waals surface area contributed by atoms with E-state index < -0.39 is 10.0 Å². The first kappa shape index (κ1) is 21.7. The lowest BCUT2D eigenvalue weighted by atomic mass is 9.96. The summed E-state index contributed by atoms with van der Waals surface area (Å²) in [6, 6.07) is 3.87. The van der Waals surface area contributed by atoms with E-state index in [9.17, 15) is 13.2 Å². The van der Waals surface area contributed by atoms with E-state index in [-0.39, 0.29) is 11.8 Å². The smallest absolute Gasteiger partial charge is 0.226 e. The van der Waals surface area contributed by atoms with E-state index in [2.05, 4.69) is 20.0 Å². The number of rotatable bonds is 5. The van der Waals surface area contributed by atoms with E-state index >= 15 is 0 Å². The van der Waals surface area contributed by atoms with Crippen LogP contribution in [0.1, 0.15) is 25.7 Å². The summed E-state index contributed by atoms with van der Waals surface area (Å²) >= 11 is 0. The second kappa shape index (κ2) is 8.91. The van der Waals surface area contributed by atoms with Gasteiger partial charge in [-0.15, -0.1) is 0 Å². The van der Waals surface area contributed by atoms with Crippen molar-refractivity contribution >= 4 is 21.7 Å². The summed E-state index contributed by atoms with van der Waals surface area (Å²) in [6.45, 7) is 5.50. The van der Waals surface area contributed by atoms with Crippen molar-refractivity contribution in [2.24, 2.45) is 5.92 Å². The van der Waals surface area contributed by atoms with Gasteiger partial charge in [0.15, 0.2) is 0 Å². The number of aryl methyl sites for hydroxylation is 1. The van der Waals surface area contributed by atoms with Gasteiger partial charge >= 0.3 is 0 Å². The third-order valence-electron chi connectivity index (χ3n) is 5.96. The number of anilines is 1. The molecule has 4 heterocycles. The summed E-state index contributed by atoms with van der Waals surface area (Å²) in [6.07, 6.45) is 4.83. The van der Waals surface area contributed by atoms with Gasteiger partial charge in [-0.2, -0.15) is 4.98 Å². The lowest BCUT2D eigenvalue weighted by molar-refractivity contribution is -0.137. The van der Waals surface area contributed by atoms with Crippen LogP contribution in [0, 0.1) is 5.92 Å². The maximum atomic E-state index is 12.9. The van der Waals surface area contributed by atoms with Gasteiger partial charge in [0.2, 0.25) is 27.6 Å². The Balaban J connectivity index is 1.30. The van der Waals surface area contributed by atoms with E-state index in [0.717, 1.165) is 11.4 Å². The number of piperidine rings is 1. The molecule has 0 aromatic carbocycles. The molecular weight excluding hydrogens is 420 g/mol. The number of nitrogens with zero attached hydrogens (tertiary/aromatic N) is 6. The monoisotopic (exact) mass is 448 g/mol. The first-order valence-corrected chi connectivity index (χ1v) is 12.5. The fourth-order valence-corrected chi connectivity index (χ4v) is 4.94. The number of piperazine rings is 1. The molecule has 0 unspecified atom stereocenters. The van der Waals surface area contributed by atoms with Crippen LogP contribution in [0.5, 0.6) is 0 Å². The number of pyridine rings is 1. The highest BCUT2D eigenvalue weighted by molar-refractivity contribution is 7.88. The average molecular weight is 449 g/mol. The van der Waals surface area contributed by atoms with Gasteiger partial charge in [0, 0.05) is 63.4 Å². The molecule has 0 N–H and O–H groups in total. The maximum Gasteiger partial charge on any atom is 0.226 e. The molecule has 4 rings (SSSR count). The second-order valence-electron chi connectivity index (χ2n) is 8.02. The maximum absolute atomic E-state index is 12.9. The van der Waals surface area contributed by atoms with Crippen molar-refractivity contribution in [2.45, 2.75) is 26.2 Å². The summed E-state index contributed by atoms with van der Waals surface area (Å²) < 4.78 is 29.9. The predicted molar refractivity (Wildman–Crippen MR) is 115 cm³/mol. The highest BCUT2D eigenvalue weighted by Gasteiger charge is 2.32. The molecule has 2 fully saturated rings. The summed E-state index contributed by atoms with van der Waals surface area (Å²) in [7, 11) is -3.18. The first-order valence-electron chi connectivity index (χ1n) is 10.6. The predicted octanol–water partition coefficient (Wildman–Crippen LogP) is 1.01. The fraction of sp³-hybridized carbons (Fsp3) is 0.600. The van der Waals surface area contributed by atoms with Crippen molar-refractivity contribution in [3.63, 3.8) is 0 Å². The lowest BCUT2D eigenvalue weighted by Crippen LogP contribution is -2.52. The number of sulfonamides is 1. The van der Waals surface area contributed by atoms with Crippen molar-refractivity contribution in [1.82, 2.24) is 24.3 Å². The molecule has 2 aliphatic heterocycles. The highest BCUT2D eigenvalue weighted by atomic mass is 32.2. The Hall–Kier alpha value is -2.53. The van der Waals surface area contributed by atoms with Crippen molar-refractivity contribution in [1.29, 1.82) is 0 Å². The van der Waals surface area contributed by atoms with Crippen molar-refractivity contribution in [3.8, 4) is 11.4 Å². The van der Waals surface area contributed by atoms with Crippen molar-refractivity contribution in [3.05, 3.63) is 24.2 Å². The molecule has 2 saturated heterocycles. The second-order valence-corrected chi connectivity index (χ2v) is 10.0. The molecule has 0 spiro atoms. The molecule has 0 atom stereocenters. The molecular formula is C20H28N6O4S. The zero-order valence-corrected chi connectivity index (χ0v) is 18.7. The van der Waals surface area contributed by atoms with Gasteiger partial charge in [-0.1, -0.05) is 12.1 Å². The van der Waals surface area contributed by atoms with Gasteiger partial charge in [0.05, 0.1) is 6.26 Å². The third-order valence-corrected chi connectivity index (χ3v) is 7.27. The number of carbonyl (C=O) groups is 1. The molecule has 168 valence electrons. The number of aromatic nitrogens is 3. The molecule has 2 aromatic rings.